The van der Waals surface area contributed by atoms with Crippen molar-refractivity contribution < 1.29 is 13.2 Å². The topological polar surface area (TPSA) is 0 Å². The maximum absolute atomic E-state index is 15.6. The maximum atomic E-state index is 15.6. The van der Waals surface area contributed by atoms with E-state index in [0.29, 0.717) is 17.8 Å². The summed E-state index contributed by atoms with van der Waals surface area (Å²) in [6.07, 6.45) is 16.5. The van der Waals surface area contributed by atoms with Gasteiger partial charge in [-0.1, -0.05) is 57.6 Å². The minimum Gasteiger partial charge on any atom is -0.206 e. The van der Waals surface area contributed by atoms with Gasteiger partial charge in [-0.15, -0.1) is 0 Å². The summed E-state index contributed by atoms with van der Waals surface area (Å²) in [4.78, 5) is 0. The van der Waals surface area contributed by atoms with Crippen LogP contribution in [-0.4, -0.2) is 0 Å². The fraction of sp³-hybridized carbons (Fsp3) is 0.724. The van der Waals surface area contributed by atoms with Gasteiger partial charge in [-0.3, -0.25) is 0 Å². The fourth-order valence-electron chi connectivity index (χ4n) is 7.04. The minimum absolute atomic E-state index is 0.0397. The number of hydrogen-bond acceptors (Lipinski definition) is 0. The first-order valence-electron chi connectivity index (χ1n) is 13.4. The lowest BCUT2D eigenvalue weighted by Gasteiger charge is -2.42. The van der Waals surface area contributed by atoms with Gasteiger partial charge in [0.2, 0.25) is 0 Å². The Balaban J connectivity index is 1.34. The Hall–Kier alpha value is -1.25. The number of hydrogen-bond donors (Lipinski definition) is 0. The third kappa shape index (κ3) is 5.81. The highest BCUT2D eigenvalue weighted by atomic mass is 19.3. The van der Waals surface area contributed by atoms with E-state index >= 15 is 4.39 Å². The van der Waals surface area contributed by atoms with Crippen LogP contribution in [0.25, 0.3) is 0 Å². The Labute approximate surface area is 193 Å². The third-order valence-corrected chi connectivity index (χ3v) is 8.85. The van der Waals surface area contributed by atoms with Gasteiger partial charge < -0.3 is 0 Å². The van der Waals surface area contributed by atoms with E-state index in [1.807, 2.05) is 0 Å². The molecule has 0 aromatic heterocycles. The number of allylic oxidation sites excluding steroid dienone is 1. The molecule has 0 bridgehead atoms. The third-order valence-electron chi connectivity index (χ3n) is 8.85. The lowest BCUT2D eigenvalue weighted by molar-refractivity contribution is 0.131. The van der Waals surface area contributed by atoms with Gasteiger partial charge >= 0.3 is 0 Å². The van der Waals surface area contributed by atoms with Crippen LogP contribution in [0.3, 0.4) is 0 Å². The lowest BCUT2D eigenvalue weighted by Crippen LogP contribution is -2.30. The van der Waals surface area contributed by atoms with Crippen molar-refractivity contribution >= 4 is 0 Å². The molecular weight excluding hydrogens is 405 g/mol. The van der Waals surface area contributed by atoms with Crippen LogP contribution in [0, 0.1) is 29.5 Å². The van der Waals surface area contributed by atoms with Gasteiger partial charge in [0, 0.05) is 0 Å². The van der Waals surface area contributed by atoms with E-state index in [2.05, 4.69) is 19.1 Å². The standard InChI is InChI=1S/C29H41F3/c1-2-3-4-5-6-7-20-9-14-26-24(16-20)13-15-27(29(26)32)25-12-11-22-17-21(18-28(30)31)8-10-23(22)19-25/h13,15,18,20-23,25H,2-12,14,16-17,19H2,1H3. The Morgan fingerprint density at radius 3 is 2.53 bits per heavy atom. The highest BCUT2D eigenvalue weighted by molar-refractivity contribution is 5.38. The van der Waals surface area contributed by atoms with Gasteiger partial charge in [0.15, 0.2) is 0 Å². The lowest BCUT2D eigenvalue weighted by atomic mass is 9.63. The molecule has 0 aliphatic heterocycles. The molecule has 0 amide bonds. The molecule has 0 N–H and O–H groups in total. The van der Waals surface area contributed by atoms with Crippen LogP contribution >= 0.6 is 0 Å². The largest absolute Gasteiger partial charge is 0.266 e. The zero-order chi connectivity index (χ0) is 22.5. The summed E-state index contributed by atoms with van der Waals surface area (Å²) in [5, 5.41) is 0. The van der Waals surface area contributed by atoms with Crippen molar-refractivity contribution in [2.45, 2.75) is 109 Å². The molecule has 4 rings (SSSR count). The second-order valence-corrected chi connectivity index (χ2v) is 11.0. The number of fused-ring (bicyclic) bond motifs is 2. The summed E-state index contributed by atoms with van der Waals surface area (Å²) >= 11 is 0. The predicted octanol–water partition coefficient (Wildman–Crippen LogP) is 9.37. The summed E-state index contributed by atoms with van der Waals surface area (Å²) in [5.41, 5.74) is 3.20. The zero-order valence-corrected chi connectivity index (χ0v) is 19.9. The average Bonchev–Trinajstić information content (AvgIpc) is 2.78. The van der Waals surface area contributed by atoms with Gasteiger partial charge in [-0.05, 0) is 110 Å². The predicted molar refractivity (Wildman–Crippen MR) is 127 cm³/mol. The van der Waals surface area contributed by atoms with E-state index in [1.54, 1.807) is 0 Å². The Morgan fingerprint density at radius 2 is 1.72 bits per heavy atom. The van der Waals surface area contributed by atoms with E-state index in [4.69, 9.17) is 0 Å². The molecule has 178 valence electrons. The summed E-state index contributed by atoms with van der Waals surface area (Å²) in [6.45, 7) is 2.26. The number of benzene rings is 1. The summed E-state index contributed by atoms with van der Waals surface area (Å²) in [6, 6.07) is 4.32. The van der Waals surface area contributed by atoms with Crippen molar-refractivity contribution in [1.29, 1.82) is 0 Å². The maximum Gasteiger partial charge on any atom is 0.266 e. The second-order valence-electron chi connectivity index (χ2n) is 11.0. The molecule has 0 spiro atoms. The zero-order valence-electron chi connectivity index (χ0n) is 19.9. The Kier molecular flexibility index (Phi) is 8.40. The van der Waals surface area contributed by atoms with Crippen LogP contribution in [0.4, 0.5) is 13.2 Å². The van der Waals surface area contributed by atoms with Crippen LogP contribution < -0.4 is 0 Å². The first-order chi connectivity index (χ1) is 15.5. The van der Waals surface area contributed by atoms with Crippen LogP contribution in [0.1, 0.15) is 113 Å². The molecule has 0 radical (unpaired) electrons. The first kappa shape index (κ1) is 23.9. The van der Waals surface area contributed by atoms with Gasteiger partial charge in [-0.2, -0.15) is 8.78 Å². The molecular formula is C29H41F3. The van der Waals surface area contributed by atoms with E-state index in [0.717, 1.165) is 74.8 Å². The van der Waals surface area contributed by atoms with E-state index < -0.39 is 6.08 Å². The molecule has 32 heavy (non-hydrogen) atoms. The van der Waals surface area contributed by atoms with E-state index in [-0.39, 0.29) is 11.7 Å². The van der Waals surface area contributed by atoms with E-state index in [1.165, 1.54) is 50.2 Å². The van der Waals surface area contributed by atoms with Crippen LogP contribution in [0.5, 0.6) is 0 Å². The Bertz CT molecular complexity index is 779. The smallest absolute Gasteiger partial charge is 0.206 e. The molecule has 5 atom stereocenters. The van der Waals surface area contributed by atoms with E-state index in [9.17, 15) is 8.78 Å². The molecule has 2 saturated carbocycles. The SMILES string of the molecule is CCCCCCCC1CCc2c(ccc(C3CCC4CC(C=C(F)F)CCC4C3)c2F)C1. The van der Waals surface area contributed by atoms with Gasteiger partial charge in [0.1, 0.15) is 5.82 Å². The summed E-state index contributed by atoms with van der Waals surface area (Å²) in [7, 11) is 0. The molecule has 0 nitrogen and oxygen atoms in total. The average molecular weight is 447 g/mol. The summed E-state index contributed by atoms with van der Waals surface area (Å²) in [5.74, 6) is 2.28. The van der Waals surface area contributed by atoms with Gasteiger partial charge in [-0.25, -0.2) is 4.39 Å². The number of unbranched alkanes of at least 4 members (excludes halogenated alkanes) is 4. The van der Waals surface area contributed by atoms with Crippen LogP contribution in [0.2, 0.25) is 0 Å². The number of halogens is 3. The highest BCUT2D eigenvalue weighted by Crippen LogP contribution is 2.49. The molecule has 3 heteroatoms. The van der Waals surface area contributed by atoms with Crippen molar-refractivity contribution in [3.8, 4) is 0 Å². The molecule has 3 aliphatic rings. The molecule has 0 saturated heterocycles. The van der Waals surface area contributed by atoms with Crippen molar-refractivity contribution in [2.24, 2.45) is 23.7 Å². The molecule has 5 unspecified atom stereocenters. The minimum atomic E-state index is -1.53. The van der Waals surface area contributed by atoms with Crippen molar-refractivity contribution in [2.75, 3.05) is 0 Å². The molecule has 1 aromatic carbocycles. The van der Waals surface area contributed by atoms with Crippen LogP contribution in [-0.2, 0) is 12.8 Å². The second kappa shape index (κ2) is 11.3. The van der Waals surface area contributed by atoms with Crippen molar-refractivity contribution in [1.82, 2.24) is 0 Å². The monoisotopic (exact) mass is 446 g/mol. The fourth-order valence-corrected chi connectivity index (χ4v) is 7.04. The molecule has 1 aromatic rings. The van der Waals surface area contributed by atoms with Crippen molar-refractivity contribution in [3.05, 3.63) is 46.8 Å². The van der Waals surface area contributed by atoms with Crippen molar-refractivity contribution in [3.63, 3.8) is 0 Å². The molecule has 2 fully saturated rings. The van der Waals surface area contributed by atoms with Gasteiger partial charge in [0.25, 0.3) is 6.08 Å². The van der Waals surface area contributed by atoms with Gasteiger partial charge in [0.05, 0.1) is 0 Å². The molecule has 3 aliphatic carbocycles. The van der Waals surface area contributed by atoms with Crippen LogP contribution in [0.15, 0.2) is 24.3 Å². The first-order valence-corrected chi connectivity index (χ1v) is 13.4. The highest BCUT2D eigenvalue weighted by Gasteiger charge is 2.37. The normalized spacial score (nSPS) is 29.8. The quantitative estimate of drug-likeness (QED) is 0.349. The molecule has 0 heterocycles. The summed E-state index contributed by atoms with van der Waals surface area (Å²) < 4.78 is 40.9. The Morgan fingerprint density at radius 1 is 0.938 bits per heavy atom. The number of rotatable bonds is 8.